The molecule has 0 aliphatic heterocycles. The summed E-state index contributed by atoms with van der Waals surface area (Å²) in [4.78, 5) is 4.50. The zero-order valence-corrected chi connectivity index (χ0v) is 10.6. The molecule has 15 heavy (non-hydrogen) atoms. The van der Waals surface area contributed by atoms with Crippen LogP contribution in [0.15, 0.2) is 16.6 Å². The van der Waals surface area contributed by atoms with E-state index in [2.05, 4.69) is 32.2 Å². The number of ether oxygens (including phenoxy) is 1. The Kier molecular flexibility index (Phi) is 2.80. The van der Waals surface area contributed by atoms with E-state index < -0.39 is 0 Å². The van der Waals surface area contributed by atoms with Crippen LogP contribution in [0.25, 0.3) is 5.65 Å². The van der Waals surface area contributed by atoms with E-state index in [0.29, 0.717) is 6.61 Å². The Morgan fingerprint density at radius 3 is 2.80 bits per heavy atom. The minimum absolute atomic E-state index is 0.588. The molecule has 0 saturated carbocycles. The summed E-state index contributed by atoms with van der Waals surface area (Å²) in [6.07, 6.45) is 0. The van der Waals surface area contributed by atoms with Crippen LogP contribution in [0.1, 0.15) is 17.1 Å². The monoisotopic (exact) mass is 268 g/mol. The van der Waals surface area contributed by atoms with Gasteiger partial charge in [-0.05, 0) is 41.9 Å². The largest absolute Gasteiger partial charge is 0.378 e. The van der Waals surface area contributed by atoms with Crippen LogP contribution in [0.2, 0.25) is 0 Å². The van der Waals surface area contributed by atoms with Crippen LogP contribution >= 0.6 is 15.9 Å². The Labute approximate surface area is 97.2 Å². The van der Waals surface area contributed by atoms with Crippen LogP contribution in [-0.4, -0.2) is 16.5 Å². The van der Waals surface area contributed by atoms with Gasteiger partial charge in [0, 0.05) is 17.3 Å². The van der Waals surface area contributed by atoms with Gasteiger partial charge in [-0.15, -0.1) is 0 Å². The normalized spacial score (nSPS) is 11.2. The molecule has 4 heteroatoms. The molecule has 2 heterocycles. The third-order valence-corrected chi connectivity index (χ3v) is 3.38. The number of aromatic nitrogens is 2. The average molecular weight is 269 g/mol. The molecule has 80 valence electrons. The summed E-state index contributed by atoms with van der Waals surface area (Å²) in [6.45, 7) is 4.66. The molecule has 2 aromatic heterocycles. The first-order valence-corrected chi connectivity index (χ1v) is 5.56. The van der Waals surface area contributed by atoms with Crippen molar-refractivity contribution in [3.63, 3.8) is 0 Å². The zero-order chi connectivity index (χ0) is 11.0. The van der Waals surface area contributed by atoms with Crippen LogP contribution in [0.5, 0.6) is 0 Å². The minimum Gasteiger partial charge on any atom is -0.378 e. The maximum Gasteiger partial charge on any atom is 0.137 e. The fraction of sp³-hybridized carbons (Fsp3) is 0.364. The minimum atomic E-state index is 0.588. The SMILES string of the molecule is COCc1c(C)nc2ccc(Br)c(C)n12. The number of halogens is 1. The summed E-state index contributed by atoms with van der Waals surface area (Å²) in [5, 5.41) is 0. The molecule has 0 unspecified atom stereocenters. The second-order valence-corrected chi connectivity index (χ2v) is 4.39. The van der Waals surface area contributed by atoms with Crippen LogP contribution in [0.4, 0.5) is 0 Å². The van der Waals surface area contributed by atoms with E-state index in [-0.39, 0.29) is 0 Å². The summed E-state index contributed by atoms with van der Waals surface area (Å²) >= 11 is 3.52. The molecule has 3 nitrogen and oxygen atoms in total. The fourth-order valence-corrected chi connectivity index (χ4v) is 2.06. The number of hydrogen-bond donors (Lipinski definition) is 0. The van der Waals surface area contributed by atoms with Gasteiger partial charge in [0.15, 0.2) is 0 Å². The van der Waals surface area contributed by atoms with E-state index in [1.54, 1.807) is 7.11 Å². The molecular formula is C11H13BrN2O. The standard InChI is InChI=1S/C11H13BrN2O/c1-7-10(6-15-3)14-8(2)9(12)4-5-11(14)13-7/h4-5H,6H2,1-3H3. The van der Waals surface area contributed by atoms with E-state index in [9.17, 15) is 0 Å². The van der Waals surface area contributed by atoms with Gasteiger partial charge in [0.1, 0.15) is 5.65 Å². The number of imidazole rings is 1. The maximum absolute atomic E-state index is 5.19. The third-order valence-electron chi connectivity index (χ3n) is 2.54. The zero-order valence-electron chi connectivity index (χ0n) is 9.04. The van der Waals surface area contributed by atoms with Crippen molar-refractivity contribution in [3.8, 4) is 0 Å². The molecule has 0 saturated heterocycles. The summed E-state index contributed by atoms with van der Waals surface area (Å²) in [7, 11) is 1.70. The van der Waals surface area contributed by atoms with Crippen molar-refractivity contribution in [1.82, 2.24) is 9.38 Å². The lowest BCUT2D eigenvalue weighted by Crippen LogP contribution is -2.00. The maximum atomic E-state index is 5.19. The van der Waals surface area contributed by atoms with Crippen molar-refractivity contribution in [2.24, 2.45) is 0 Å². The molecule has 0 radical (unpaired) electrons. The van der Waals surface area contributed by atoms with Crippen molar-refractivity contribution < 1.29 is 4.74 Å². The fourth-order valence-electron chi connectivity index (χ4n) is 1.75. The molecule has 2 rings (SSSR count). The second kappa shape index (κ2) is 3.94. The molecule has 0 aliphatic carbocycles. The van der Waals surface area contributed by atoms with Gasteiger partial charge >= 0.3 is 0 Å². The summed E-state index contributed by atoms with van der Waals surface area (Å²) < 4.78 is 8.41. The van der Waals surface area contributed by atoms with E-state index in [0.717, 1.165) is 27.2 Å². The first-order valence-electron chi connectivity index (χ1n) is 4.77. The van der Waals surface area contributed by atoms with Gasteiger partial charge in [-0.2, -0.15) is 0 Å². The van der Waals surface area contributed by atoms with Crippen LogP contribution in [0, 0.1) is 13.8 Å². The summed E-state index contributed by atoms with van der Waals surface area (Å²) in [6, 6.07) is 4.02. The smallest absolute Gasteiger partial charge is 0.137 e. The second-order valence-electron chi connectivity index (χ2n) is 3.54. The predicted molar refractivity (Wildman–Crippen MR) is 63.1 cm³/mol. The highest BCUT2D eigenvalue weighted by molar-refractivity contribution is 9.10. The molecule has 0 spiro atoms. The van der Waals surface area contributed by atoms with Gasteiger partial charge in [0.05, 0.1) is 18.0 Å². The van der Waals surface area contributed by atoms with Crippen LogP contribution < -0.4 is 0 Å². The lowest BCUT2D eigenvalue weighted by atomic mass is 10.3. The number of aryl methyl sites for hydroxylation is 2. The summed E-state index contributed by atoms with van der Waals surface area (Å²) in [5.74, 6) is 0. The molecule has 0 N–H and O–H groups in total. The Bertz CT molecular complexity index is 505. The first kappa shape index (κ1) is 10.6. The van der Waals surface area contributed by atoms with E-state index in [1.807, 2.05) is 19.1 Å². The number of rotatable bonds is 2. The molecule has 2 aromatic rings. The Hall–Kier alpha value is -0.870. The van der Waals surface area contributed by atoms with Gasteiger partial charge in [-0.3, -0.25) is 4.40 Å². The number of pyridine rings is 1. The van der Waals surface area contributed by atoms with Crippen LogP contribution in [-0.2, 0) is 11.3 Å². The van der Waals surface area contributed by atoms with Gasteiger partial charge in [-0.1, -0.05) is 0 Å². The lowest BCUT2D eigenvalue weighted by Gasteiger charge is -2.06. The lowest BCUT2D eigenvalue weighted by molar-refractivity contribution is 0.180. The highest BCUT2D eigenvalue weighted by Crippen LogP contribution is 2.21. The molecule has 0 aromatic carbocycles. The van der Waals surface area contributed by atoms with Gasteiger partial charge in [-0.25, -0.2) is 4.98 Å². The number of nitrogens with zero attached hydrogens (tertiary/aromatic N) is 2. The highest BCUT2D eigenvalue weighted by atomic mass is 79.9. The van der Waals surface area contributed by atoms with Gasteiger partial charge in [0.25, 0.3) is 0 Å². The Balaban J connectivity index is 2.77. The highest BCUT2D eigenvalue weighted by Gasteiger charge is 2.11. The molecule has 0 fully saturated rings. The first-order chi connectivity index (χ1) is 7.15. The quantitative estimate of drug-likeness (QED) is 0.838. The molecule has 0 amide bonds. The van der Waals surface area contributed by atoms with E-state index in [1.165, 1.54) is 0 Å². The van der Waals surface area contributed by atoms with Crippen LogP contribution in [0.3, 0.4) is 0 Å². The molecule has 0 aliphatic rings. The van der Waals surface area contributed by atoms with E-state index >= 15 is 0 Å². The molecule has 0 bridgehead atoms. The Morgan fingerprint density at radius 2 is 2.13 bits per heavy atom. The summed E-state index contributed by atoms with van der Waals surface area (Å²) in [5.41, 5.74) is 4.27. The average Bonchev–Trinajstić information content (AvgIpc) is 2.51. The molecular weight excluding hydrogens is 256 g/mol. The third kappa shape index (κ3) is 1.68. The van der Waals surface area contributed by atoms with E-state index in [4.69, 9.17) is 4.74 Å². The van der Waals surface area contributed by atoms with Crippen molar-refractivity contribution in [2.75, 3.05) is 7.11 Å². The molecule has 0 atom stereocenters. The van der Waals surface area contributed by atoms with Crippen molar-refractivity contribution >= 4 is 21.6 Å². The Morgan fingerprint density at radius 1 is 1.40 bits per heavy atom. The van der Waals surface area contributed by atoms with Gasteiger partial charge < -0.3 is 4.74 Å². The van der Waals surface area contributed by atoms with Crippen molar-refractivity contribution in [2.45, 2.75) is 20.5 Å². The number of fused-ring (bicyclic) bond motifs is 1. The number of hydrogen-bond acceptors (Lipinski definition) is 2. The van der Waals surface area contributed by atoms with Crippen molar-refractivity contribution in [1.29, 1.82) is 0 Å². The number of methoxy groups -OCH3 is 1. The van der Waals surface area contributed by atoms with Gasteiger partial charge in [0.2, 0.25) is 0 Å². The van der Waals surface area contributed by atoms with Crippen molar-refractivity contribution in [3.05, 3.63) is 33.7 Å². The topological polar surface area (TPSA) is 26.5 Å². The predicted octanol–water partition coefficient (Wildman–Crippen LogP) is 2.86.